The SMILES string of the molecule is Cc1ccn2cc(-c3ccc(NC(=O)COc4ccc(Cl)cc4)cc3)nc2c1. The quantitative estimate of drug-likeness (QED) is 0.522. The average molecular weight is 392 g/mol. The molecule has 2 aromatic heterocycles. The van der Waals surface area contributed by atoms with Crippen LogP contribution in [0.3, 0.4) is 0 Å². The summed E-state index contributed by atoms with van der Waals surface area (Å²) in [6, 6.07) is 18.5. The van der Waals surface area contributed by atoms with Gasteiger partial charge in [0.25, 0.3) is 5.91 Å². The maximum atomic E-state index is 12.1. The van der Waals surface area contributed by atoms with Crippen molar-refractivity contribution < 1.29 is 9.53 Å². The summed E-state index contributed by atoms with van der Waals surface area (Å²) < 4.78 is 7.44. The molecule has 0 aliphatic rings. The molecule has 1 amide bonds. The Labute approximate surface area is 167 Å². The largest absolute Gasteiger partial charge is 0.484 e. The number of hydrogen-bond acceptors (Lipinski definition) is 3. The van der Waals surface area contributed by atoms with Crippen LogP contribution in [0.1, 0.15) is 5.56 Å². The molecule has 0 saturated carbocycles. The topological polar surface area (TPSA) is 55.6 Å². The molecule has 0 spiro atoms. The summed E-state index contributed by atoms with van der Waals surface area (Å²) in [5.74, 6) is 0.364. The first kappa shape index (κ1) is 18.1. The molecule has 2 heterocycles. The van der Waals surface area contributed by atoms with E-state index in [0.717, 1.165) is 16.9 Å². The van der Waals surface area contributed by atoms with Crippen LogP contribution in [0.2, 0.25) is 5.02 Å². The third-order valence-corrected chi connectivity index (χ3v) is 4.52. The molecule has 0 aliphatic heterocycles. The van der Waals surface area contributed by atoms with Crippen LogP contribution in [-0.2, 0) is 4.79 Å². The van der Waals surface area contributed by atoms with Gasteiger partial charge in [0.05, 0.1) is 5.69 Å². The van der Waals surface area contributed by atoms with Gasteiger partial charge in [-0.05, 0) is 61.0 Å². The lowest BCUT2D eigenvalue weighted by atomic mass is 10.1. The number of pyridine rings is 1. The molecule has 0 saturated heterocycles. The molecule has 1 N–H and O–H groups in total. The lowest BCUT2D eigenvalue weighted by Crippen LogP contribution is -2.20. The molecule has 0 radical (unpaired) electrons. The zero-order chi connectivity index (χ0) is 19.5. The first-order valence-corrected chi connectivity index (χ1v) is 9.19. The maximum Gasteiger partial charge on any atom is 0.262 e. The molecule has 4 rings (SSSR count). The number of benzene rings is 2. The minimum atomic E-state index is -0.231. The van der Waals surface area contributed by atoms with E-state index < -0.39 is 0 Å². The Hall–Kier alpha value is -3.31. The monoisotopic (exact) mass is 391 g/mol. The molecule has 6 heteroatoms. The number of imidazole rings is 1. The van der Waals surface area contributed by atoms with Crippen LogP contribution >= 0.6 is 11.6 Å². The van der Waals surface area contributed by atoms with Crippen LogP contribution in [0.4, 0.5) is 5.69 Å². The molecule has 5 nitrogen and oxygen atoms in total. The molecule has 2 aromatic carbocycles. The number of ether oxygens (including phenoxy) is 1. The van der Waals surface area contributed by atoms with Gasteiger partial charge in [-0.2, -0.15) is 0 Å². The Morgan fingerprint density at radius 2 is 1.86 bits per heavy atom. The van der Waals surface area contributed by atoms with E-state index >= 15 is 0 Å². The van der Waals surface area contributed by atoms with Crippen molar-refractivity contribution in [3.8, 4) is 17.0 Å². The van der Waals surface area contributed by atoms with E-state index in [4.69, 9.17) is 16.3 Å². The van der Waals surface area contributed by atoms with Crippen LogP contribution in [0.25, 0.3) is 16.9 Å². The van der Waals surface area contributed by atoms with E-state index in [2.05, 4.69) is 10.3 Å². The van der Waals surface area contributed by atoms with Crippen molar-refractivity contribution in [2.45, 2.75) is 6.92 Å². The maximum absolute atomic E-state index is 12.1. The van der Waals surface area contributed by atoms with E-state index in [1.807, 2.05) is 60.1 Å². The smallest absolute Gasteiger partial charge is 0.262 e. The molecule has 4 aromatic rings. The number of amides is 1. The highest BCUT2D eigenvalue weighted by Gasteiger charge is 2.07. The summed E-state index contributed by atoms with van der Waals surface area (Å²) in [5, 5.41) is 3.44. The van der Waals surface area contributed by atoms with Gasteiger partial charge in [0.15, 0.2) is 6.61 Å². The highest BCUT2D eigenvalue weighted by molar-refractivity contribution is 6.30. The molecule has 0 atom stereocenters. The fourth-order valence-corrected chi connectivity index (χ4v) is 2.95. The average Bonchev–Trinajstić information content (AvgIpc) is 3.11. The second-order valence-electron chi connectivity index (χ2n) is 6.46. The van der Waals surface area contributed by atoms with E-state index in [9.17, 15) is 4.79 Å². The predicted molar refractivity (Wildman–Crippen MR) is 111 cm³/mol. The van der Waals surface area contributed by atoms with Gasteiger partial charge in [-0.15, -0.1) is 0 Å². The number of carbonyl (C=O) groups excluding carboxylic acids is 1. The third kappa shape index (κ3) is 4.15. The molecular weight excluding hydrogens is 374 g/mol. The van der Waals surface area contributed by atoms with Crippen molar-refractivity contribution in [2.24, 2.45) is 0 Å². The van der Waals surface area contributed by atoms with Crippen molar-refractivity contribution in [1.82, 2.24) is 9.38 Å². The molecule has 0 fully saturated rings. The summed E-state index contributed by atoms with van der Waals surface area (Å²) in [5.41, 5.74) is 4.65. The lowest BCUT2D eigenvalue weighted by molar-refractivity contribution is -0.118. The Kier molecular flexibility index (Phi) is 5.00. The molecule has 140 valence electrons. The lowest BCUT2D eigenvalue weighted by Gasteiger charge is -2.08. The van der Waals surface area contributed by atoms with Gasteiger partial charge in [0.2, 0.25) is 0 Å². The number of hydrogen-bond donors (Lipinski definition) is 1. The van der Waals surface area contributed by atoms with E-state index in [0.29, 0.717) is 16.5 Å². The van der Waals surface area contributed by atoms with Crippen molar-refractivity contribution in [2.75, 3.05) is 11.9 Å². The zero-order valence-electron chi connectivity index (χ0n) is 15.2. The van der Waals surface area contributed by atoms with Gasteiger partial charge in [-0.25, -0.2) is 4.98 Å². The summed E-state index contributed by atoms with van der Waals surface area (Å²) >= 11 is 5.83. The first-order valence-electron chi connectivity index (χ1n) is 8.81. The van der Waals surface area contributed by atoms with Crippen LogP contribution in [0.15, 0.2) is 73.1 Å². The van der Waals surface area contributed by atoms with Gasteiger partial charge in [0.1, 0.15) is 11.4 Å². The van der Waals surface area contributed by atoms with Gasteiger partial charge < -0.3 is 14.5 Å². The van der Waals surface area contributed by atoms with E-state index in [1.165, 1.54) is 5.56 Å². The third-order valence-electron chi connectivity index (χ3n) is 4.26. The number of halogens is 1. The highest BCUT2D eigenvalue weighted by Crippen LogP contribution is 2.22. The Balaban J connectivity index is 1.39. The van der Waals surface area contributed by atoms with Crippen molar-refractivity contribution in [1.29, 1.82) is 0 Å². The summed E-state index contributed by atoms with van der Waals surface area (Å²) in [4.78, 5) is 16.7. The minimum Gasteiger partial charge on any atom is -0.484 e. The van der Waals surface area contributed by atoms with Gasteiger partial charge in [-0.3, -0.25) is 4.79 Å². The first-order chi connectivity index (χ1) is 13.6. The number of anilines is 1. The van der Waals surface area contributed by atoms with Crippen molar-refractivity contribution in [3.05, 3.63) is 83.6 Å². The standard InChI is InChI=1S/C22H18ClN3O2/c1-15-10-11-26-13-20(25-21(26)12-15)16-2-6-18(7-3-16)24-22(27)14-28-19-8-4-17(23)5-9-19/h2-13H,14H2,1H3,(H,24,27). The second kappa shape index (κ2) is 7.74. The minimum absolute atomic E-state index is 0.0742. The van der Waals surface area contributed by atoms with E-state index in [-0.39, 0.29) is 12.5 Å². The fourth-order valence-electron chi connectivity index (χ4n) is 2.82. The van der Waals surface area contributed by atoms with Gasteiger partial charge in [-0.1, -0.05) is 23.7 Å². The van der Waals surface area contributed by atoms with Crippen LogP contribution < -0.4 is 10.1 Å². The molecule has 0 unspecified atom stereocenters. The summed E-state index contributed by atoms with van der Waals surface area (Å²) in [7, 11) is 0. The zero-order valence-corrected chi connectivity index (χ0v) is 16.0. The Morgan fingerprint density at radius 1 is 1.11 bits per heavy atom. The van der Waals surface area contributed by atoms with Crippen LogP contribution in [0, 0.1) is 6.92 Å². The number of aromatic nitrogens is 2. The predicted octanol–water partition coefficient (Wildman–Crippen LogP) is 4.98. The molecule has 0 bridgehead atoms. The molecule has 0 aliphatic carbocycles. The molecule has 28 heavy (non-hydrogen) atoms. The molecular formula is C22H18ClN3O2. The highest BCUT2D eigenvalue weighted by atomic mass is 35.5. The number of nitrogens with zero attached hydrogens (tertiary/aromatic N) is 2. The normalized spacial score (nSPS) is 10.8. The number of fused-ring (bicyclic) bond motifs is 1. The van der Waals surface area contributed by atoms with Crippen molar-refractivity contribution in [3.63, 3.8) is 0 Å². The number of aryl methyl sites for hydroxylation is 1. The Bertz CT molecular complexity index is 1120. The van der Waals surface area contributed by atoms with E-state index in [1.54, 1.807) is 24.3 Å². The van der Waals surface area contributed by atoms with Crippen LogP contribution in [-0.4, -0.2) is 21.9 Å². The second-order valence-corrected chi connectivity index (χ2v) is 6.90. The Morgan fingerprint density at radius 3 is 2.61 bits per heavy atom. The number of carbonyl (C=O) groups is 1. The van der Waals surface area contributed by atoms with Crippen molar-refractivity contribution >= 4 is 28.8 Å². The summed E-state index contributed by atoms with van der Waals surface area (Å²) in [6.45, 7) is 1.97. The van der Waals surface area contributed by atoms with Gasteiger partial charge >= 0.3 is 0 Å². The number of nitrogens with one attached hydrogen (secondary N) is 1. The fraction of sp³-hybridized carbons (Fsp3) is 0.0909. The summed E-state index contributed by atoms with van der Waals surface area (Å²) in [6.07, 6.45) is 3.98. The van der Waals surface area contributed by atoms with Crippen LogP contribution in [0.5, 0.6) is 5.75 Å². The van der Waals surface area contributed by atoms with Gasteiger partial charge in [0, 0.05) is 28.7 Å². The number of rotatable bonds is 5.